The van der Waals surface area contributed by atoms with Gasteiger partial charge in [0, 0.05) is 43.1 Å². The Bertz CT molecular complexity index is 5280. The van der Waals surface area contributed by atoms with Crippen LogP contribution in [0.1, 0.15) is 0 Å². The highest BCUT2D eigenvalue weighted by molar-refractivity contribution is 8.34. The lowest BCUT2D eigenvalue weighted by Gasteiger charge is -2.08. The van der Waals surface area contributed by atoms with Crippen molar-refractivity contribution >= 4 is 340 Å². The minimum atomic E-state index is -0.729. The number of benzene rings is 12. The summed E-state index contributed by atoms with van der Waals surface area (Å²) in [6.07, 6.45) is 6.51. The van der Waals surface area contributed by atoms with Gasteiger partial charge in [-0.1, -0.05) is 308 Å². The van der Waals surface area contributed by atoms with Crippen LogP contribution in [-0.4, -0.2) is 63.0 Å². The maximum atomic E-state index is 11.0. The first kappa shape index (κ1) is 75.7. The van der Waals surface area contributed by atoms with Crippen molar-refractivity contribution in [2.24, 2.45) is 0 Å². The molecule has 22 rings (SSSR count). The second kappa shape index (κ2) is 33.9. The minimum absolute atomic E-state index is 0.393. The van der Waals surface area contributed by atoms with E-state index in [0.717, 1.165) is 44.1 Å². The third-order valence-corrected chi connectivity index (χ3v) is 29.7. The highest BCUT2D eigenvalue weighted by atomic mass is 35.5. The molecule has 0 bridgehead atoms. The molecule has 4 aliphatic heterocycles. The summed E-state index contributed by atoms with van der Waals surface area (Å²) in [5.41, 5.74) is 8.18. The number of aromatic nitrogens is 8. The van der Waals surface area contributed by atoms with E-state index in [0.29, 0.717) is 0 Å². The predicted octanol–water partition coefficient (Wildman–Crippen LogP) is 26.6. The fourth-order valence-corrected chi connectivity index (χ4v) is 21.8. The van der Waals surface area contributed by atoms with Crippen molar-refractivity contribution in [3.05, 3.63) is 296 Å². The zero-order chi connectivity index (χ0) is 74.7. The Morgan fingerprint density at radius 3 is 0.463 bits per heavy atom. The largest absolute Gasteiger partial charge is 0.286 e. The fraction of sp³-hybridized carbons (Fsp3) is 0. The van der Waals surface area contributed by atoms with Crippen LogP contribution in [0.25, 0.3) is 130 Å². The number of nitrogens with zero attached hydrogens (tertiary/aromatic N) is 8. The molecule has 0 fully saturated rings. The van der Waals surface area contributed by atoms with Crippen LogP contribution in [0.15, 0.2) is 296 Å². The average Bonchev–Trinajstić information content (AvgIpc) is 0.793. The van der Waals surface area contributed by atoms with E-state index in [1.165, 1.54) is 103 Å². The molecule has 0 unspecified atom stereocenters. The van der Waals surface area contributed by atoms with Crippen molar-refractivity contribution < 1.29 is 19.2 Å². The van der Waals surface area contributed by atoms with Crippen LogP contribution in [-0.2, 0) is 19.2 Å². The first-order chi connectivity index (χ1) is 52.6. The van der Waals surface area contributed by atoms with Crippen LogP contribution in [0.3, 0.4) is 0 Å². The van der Waals surface area contributed by atoms with Gasteiger partial charge in [0.15, 0.2) is 0 Å². The van der Waals surface area contributed by atoms with E-state index in [2.05, 4.69) is 253 Å². The molecule has 12 aromatic carbocycles. The van der Waals surface area contributed by atoms with Crippen molar-refractivity contribution in [3.63, 3.8) is 0 Å². The third kappa shape index (κ3) is 15.6. The van der Waals surface area contributed by atoms with E-state index in [9.17, 15) is 19.2 Å². The Morgan fingerprint density at radius 1 is 0.185 bits per heavy atom. The number of rotatable bonds is 0. The number of carbonyl (C=O) groups excluding carboxylic acids is 4. The second-order valence-corrected chi connectivity index (χ2v) is 34.4. The SMILES string of the molecule is C1=CSC(=C2SC=CS2)S1.C1=CSC(=C2SC=CS2)S1.O=C1C(Cl)=C(Cl)C(=O)C(Cl)=C1Cl.O=C1C(Cl)=C(Cl)C(=O)C(Cl)=C1Cl.c1cc2ccc3ncnc4ccc(c1)c2c34.c1cc2ccc3ncnc4ccc(c1)c2c34.c1cc2ccc3ncnc4ccc(c1)c2c34.c1cc2ccc3ncnc4ccc(c1)c2c34. The molecule has 108 heavy (non-hydrogen) atoms. The smallest absolute Gasteiger partial charge is 0.219 e. The molecule has 16 aromatic rings. The Hall–Kier alpha value is -7.68. The standard InChI is InChI=1S/4C14H8N2.2C6Cl4O2.2C6H4S4/c4*1-2-9-4-6-11-14-12(16-8-15-11)7-5-10(3-1)13(9)14;2*7-1-2(8)6(12)4(10)3(9)5(1)11;2*1-2-8-5(7-1)6-9-3-4-10-6/h4*1-8H;;;2*1-4H. The van der Waals surface area contributed by atoms with E-state index in [1.807, 2.05) is 94.1 Å². The number of carbonyl (C=O) groups is 4. The fourth-order valence-electron chi connectivity index (χ4n) is 12.1. The number of ketones is 4. The lowest BCUT2D eigenvalue weighted by atomic mass is 9.99. The summed E-state index contributed by atoms with van der Waals surface area (Å²) in [5.74, 6) is -2.92. The summed E-state index contributed by atoms with van der Waals surface area (Å²) in [5, 5.41) is 33.8. The van der Waals surface area contributed by atoms with Gasteiger partial charge in [0.1, 0.15) is 65.6 Å². The van der Waals surface area contributed by atoms with Crippen molar-refractivity contribution in [1.29, 1.82) is 0 Å². The molecule has 28 heteroatoms. The zero-order valence-electron chi connectivity index (χ0n) is 54.6. The van der Waals surface area contributed by atoms with Crippen molar-refractivity contribution in [2.75, 3.05) is 0 Å². The van der Waals surface area contributed by atoms with E-state index >= 15 is 0 Å². The number of allylic oxidation sites excluding steroid dienone is 8. The van der Waals surface area contributed by atoms with Gasteiger partial charge < -0.3 is 0 Å². The third-order valence-electron chi connectivity index (χ3n) is 16.8. The molecule has 0 atom stereocenters. The lowest BCUT2D eigenvalue weighted by Crippen LogP contribution is -2.14. The topological polar surface area (TPSA) is 171 Å². The van der Waals surface area contributed by atoms with Crippen LogP contribution < -0.4 is 0 Å². The van der Waals surface area contributed by atoms with Gasteiger partial charge in [0.2, 0.25) is 23.1 Å². The van der Waals surface area contributed by atoms with Gasteiger partial charge in [-0.2, -0.15) is 0 Å². The molecule has 0 saturated heterocycles. The molecule has 528 valence electrons. The van der Waals surface area contributed by atoms with Crippen LogP contribution >= 0.6 is 187 Å². The molecule has 0 saturated carbocycles. The van der Waals surface area contributed by atoms with Gasteiger partial charge in [-0.3, -0.25) is 19.2 Å². The summed E-state index contributed by atoms with van der Waals surface area (Å²) in [6, 6.07) is 58.9. The van der Waals surface area contributed by atoms with Crippen molar-refractivity contribution in [1.82, 2.24) is 39.9 Å². The van der Waals surface area contributed by atoms with Crippen molar-refractivity contribution in [3.8, 4) is 0 Å². The predicted molar refractivity (Wildman–Crippen MR) is 469 cm³/mol. The molecule has 4 aromatic heterocycles. The highest BCUT2D eigenvalue weighted by Gasteiger charge is 2.32. The zero-order valence-corrected chi connectivity index (χ0v) is 67.2. The quantitative estimate of drug-likeness (QED) is 0.104. The molecule has 6 aliphatic rings. The van der Waals surface area contributed by atoms with Crippen LogP contribution in [0.5, 0.6) is 0 Å². The molecule has 0 amide bonds. The number of hydrogen-bond acceptors (Lipinski definition) is 20. The molecule has 0 spiro atoms. The van der Waals surface area contributed by atoms with Gasteiger partial charge >= 0.3 is 0 Å². The van der Waals surface area contributed by atoms with E-state index in [1.54, 1.807) is 25.3 Å². The summed E-state index contributed by atoms with van der Waals surface area (Å²) in [6.45, 7) is 0. The van der Waals surface area contributed by atoms with Gasteiger partial charge in [0.05, 0.1) is 61.1 Å². The molecular weight excluding hydrogens is 1680 g/mol. The molecular formula is C80H40Cl8N8O4S8. The first-order valence-corrected chi connectivity index (χ1v) is 41.9. The number of halogens is 8. The number of Topliss-reactive ketones (excluding diaryl/α,β-unsaturated/α-hetero) is 4. The maximum absolute atomic E-state index is 11.0. The van der Waals surface area contributed by atoms with Crippen LogP contribution in [0.4, 0.5) is 0 Å². The maximum Gasteiger partial charge on any atom is 0.219 e. The van der Waals surface area contributed by atoms with Gasteiger partial charge in [-0.25, -0.2) is 39.9 Å². The van der Waals surface area contributed by atoms with E-state index in [-0.39, 0.29) is 0 Å². The minimum Gasteiger partial charge on any atom is -0.286 e. The van der Waals surface area contributed by atoms with Crippen LogP contribution in [0, 0.1) is 0 Å². The van der Waals surface area contributed by atoms with Crippen LogP contribution in [0.2, 0.25) is 0 Å². The number of thioether (sulfide) groups is 8. The Balaban J connectivity index is 0.0000000992. The van der Waals surface area contributed by atoms with E-state index < -0.39 is 63.4 Å². The van der Waals surface area contributed by atoms with Gasteiger partial charge in [-0.15, -0.1) is 0 Å². The summed E-state index contributed by atoms with van der Waals surface area (Å²) < 4.78 is 5.72. The highest BCUT2D eigenvalue weighted by Crippen LogP contribution is 2.52. The van der Waals surface area contributed by atoms with Gasteiger partial charge in [-0.05, 0) is 135 Å². The monoisotopic (exact) mass is 1710 g/mol. The number of hydrogen-bond donors (Lipinski definition) is 0. The summed E-state index contributed by atoms with van der Waals surface area (Å²) >= 11 is 57.5. The Labute approximate surface area is 687 Å². The molecule has 0 radical (unpaired) electrons. The second-order valence-electron chi connectivity index (χ2n) is 23.0. The van der Waals surface area contributed by atoms with E-state index in [4.69, 9.17) is 92.8 Å². The molecule has 0 N–H and O–H groups in total. The Kier molecular flexibility index (Phi) is 23.8. The summed E-state index contributed by atoms with van der Waals surface area (Å²) in [7, 11) is 0. The normalized spacial score (nSPS) is 15.6. The van der Waals surface area contributed by atoms with Crippen molar-refractivity contribution in [2.45, 2.75) is 0 Å². The first-order valence-electron chi connectivity index (χ1n) is 31.8. The average molecular weight is 1720 g/mol. The van der Waals surface area contributed by atoms with Gasteiger partial charge in [0.25, 0.3) is 0 Å². The lowest BCUT2D eigenvalue weighted by molar-refractivity contribution is -0.114. The summed E-state index contributed by atoms with van der Waals surface area (Å²) in [4.78, 5) is 78.5. The molecule has 12 nitrogen and oxygen atoms in total. The molecule has 8 heterocycles. The Morgan fingerprint density at radius 2 is 0.324 bits per heavy atom. The molecule has 2 aliphatic carbocycles.